The number of nitrogens with two attached hydrogens (primary N) is 1. The van der Waals surface area contributed by atoms with Crippen molar-refractivity contribution < 1.29 is 4.42 Å². The number of aromatic amines is 1. The van der Waals surface area contributed by atoms with Crippen LogP contribution < -0.4 is 11.3 Å². The third-order valence-corrected chi connectivity index (χ3v) is 4.14. The van der Waals surface area contributed by atoms with Crippen LogP contribution in [0.25, 0.3) is 33.1 Å². The first-order chi connectivity index (χ1) is 12.2. The van der Waals surface area contributed by atoms with Crippen molar-refractivity contribution in [2.24, 2.45) is 0 Å². The van der Waals surface area contributed by atoms with Gasteiger partial charge in [-0.1, -0.05) is 36.4 Å². The number of nitriles is 2. The van der Waals surface area contributed by atoms with Crippen LogP contribution in [0.1, 0.15) is 11.1 Å². The van der Waals surface area contributed by atoms with Crippen molar-refractivity contribution in [3.8, 4) is 23.3 Å². The van der Waals surface area contributed by atoms with E-state index in [1.165, 1.54) is 0 Å². The average Bonchev–Trinajstić information content (AvgIpc) is 3.00. The smallest absolute Gasteiger partial charge is 0.268 e. The molecule has 0 spiro atoms. The fourth-order valence-electron chi connectivity index (χ4n) is 3.06. The number of hydrogen-bond acceptors (Lipinski definition) is 5. The van der Waals surface area contributed by atoms with Gasteiger partial charge in [0, 0.05) is 21.9 Å². The maximum absolute atomic E-state index is 12.1. The van der Waals surface area contributed by atoms with Gasteiger partial charge >= 0.3 is 0 Å². The van der Waals surface area contributed by atoms with Crippen molar-refractivity contribution in [3.05, 3.63) is 63.9 Å². The molecule has 118 valence electrons. The van der Waals surface area contributed by atoms with Gasteiger partial charge in [0.25, 0.3) is 5.56 Å². The Morgan fingerprint density at radius 1 is 0.960 bits per heavy atom. The van der Waals surface area contributed by atoms with E-state index in [9.17, 15) is 15.3 Å². The third-order valence-electron chi connectivity index (χ3n) is 4.14. The second-order valence-electron chi connectivity index (χ2n) is 5.50. The van der Waals surface area contributed by atoms with Crippen LogP contribution in [0.15, 0.2) is 51.7 Å². The van der Waals surface area contributed by atoms with Crippen molar-refractivity contribution in [2.75, 3.05) is 5.73 Å². The Hall–Kier alpha value is -4.03. The van der Waals surface area contributed by atoms with Crippen molar-refractivity contribution in [2.45, 2.75) is 0 Å². The molecule has 0 aliphatic heterocycles. The predicted molar refractivity (Wildman–Crippen MR) is 93.6 cm³/mol. The van der Waals surface area contributed by atoms with E-state index in [4.69, 9.17) is 10.2 Å². The largest absolute Gasteiger partial charge is 0.455 e. The van der Waals surface area contributed by atoms with Gasteiger partial charge in [0.15, 0.2) is 0 Å². The standard InChI is InChI=1S/C19H10N4O2/c20-8-13-16(14(9-21)19(24)23-18(13)22)12-6-3-5-11-10-4-1-2-7-15(10)25-17(11)12/h1-7H,(H3,22,23,24). The van der Waals surface area contributed by atoms with E-state index in [-0.39, 0.29) is 22.5 Å². The fourth-order valence-corrected chi connectivity index (χ4v) is 3.06. The summed E-state index contributed by atoms with van der Waals surface area (Å²) < 4.78 is 5.94. The molecule has 6 heteroatoms. The third kappa shape index (κ3) is 1.99. The highest BCUT2D eigenvalue weighted by Crippen LogP contribution is 2.38. The second kappa shape index (κ2) is 5.26. The number of furan rings is 1. The topological polar surface area (TPSA) is 120 Å². The normalized spacial score (nSPS) is 10.6. The molecule has 0 radical (unpaired) electrons. The van der Waals surface area contributed by atoms with Crippen molar-refractivity contribution >= 4 is 27.8 Å². The molecule has 0 fully saturated rings. The summed E-state index contributed by atoms with van der Waals surface area (Å²) in [4.78, 5) is 14.5. The lowest BCUT2D eigenvalue weighted by atomic mass is 9.95. The highest BCUT2D eigenvalue weighted by molar-refractivity contribution is 6.10. The van der Waals surface area contributed by atoms with Gasteiger partial charge < -0.3 is 15.1 Å². The number of fused-ring (bicyclic) bond motifs is 3. The minimum Gasteiger partial charge on any atom is -0.455 e. The van der Waals surface area contributed by atoms with Gasteiger partial charge in [0.05, 0.1) is 0 Å². The van der Waals surface area contributed by atoms with Crippen molar-refractivity contribution in [1.29, 1.82) is 10.5 Å². The van der Waals surface area contributed by atoms with Crippen LogP contribution in [0.3, 0.4) is 0 Å². The van der Waals surface area contributed by atoms with Crippen LogP contribution in [-0.2, 0) is 0 Å². The molecule has 0 saturated carbocycles. The highest BCUT2D eigenvalue weighted by Gasteiger charge is 2.21. The molecule has 3 N–H and O–H groups in total. The molecule has 25 heavy (non-hydrogen) atoms. The molecule has 2 heterocycles. The summed E-state index contributed by atoms with van der Waals surface area (Å²) >= 11 is 0. The number of nitrogens with one attached hydrogen (secondary N) is 1. The summed E-state index contributed by atoms with van der Waals surface area (Å²) in [5, 5.41) is 20.7. The van der Waals surface area contributed by atoms with Crippen LogP contribution in [0.5, 0.6) is 0 Å². The maximum atomic E-state index is 12.1. The molecular formula is C19H10N4O2. The summed E-state index contributed by atoms with van der Waals surface area (Å²) in [5.41, 5.74) is 6.89. The van der Waals surface area contributed by atoms with E-state index >= 15 is 0 Å². The monoisotopic (exact) mass is 326 g/mol. The Kier molecular flexibility index (Phi) is 3.06. The van der Waals surface area contributed by atoms with E-state index in [0.29, 0.717) is 16.7 Å². The number of nitrogens with zero attached hydrogens (tertiary/aromatic N) is 2. The van der Waals surface area contributed by atoms with Crippen molar-refractivity contribution in [1.82, 2.24) is 4.98 Å². The number of nitrogen functional groups attached to an aromatic ring is 1. The summed E-state index contributed by atoms with van der Waals surface area (Å²) in [6, 6.07) is 16.8. The van der Waals surface area contributed by atoms with Gasteiger partial charge in [-0.15, -0.1) is 0 Å². The van der Waals surface area contributed by atoms with E-state index in [1.807, 2.05) is 42.5 Å². The molecule has 4 aromatic rings. The van der Waals surface area contributed by atoms with E-state index in [1.54, 1.807) is 12.1 Å². The predicted octanol–water partition coefficient (Wildman–Crippen LogP) is 3.27. The lowest BCUT2D eigenvalue weighted by Gasteiger charge is -2.09. The first-order valence-electron chi connectivity index (χ1n) is 7.42. The van der Waals surface area contributed by atoms with Crippen LogP contribution in [-0.4, -0.2) is 4.98 Å². The Balaban J connectivity index is 2.23. The number of hydrogen-bond donors (Lipinski definition) is 2. The molecular weight excluding hydrogens is 316 g/mol. The second-order valence-corrected chi connectivity index (χ2v) is 5.50. The fraction of sp³-hybridized carbons (Fsp3) is 0. The van der Waals surface area contributed by atoms with Gasteiger partial charge in [-0.2, -0.15) is 10.5 Å². The lowest BCUT2D eigenvalue weighted by molar-refractivity contribution is 0.670. The molecule has 0 saturated heterocycles. The van der Waals surface area contributed by atoms with Gasteiger partial charge in [-0.05, 0) is 6.07 Å². The van der Waals surface area contributed by atoms with Crippen LogP contribution in [0.2, 0.25) is 0 Å². The molecule has 0 bridgehead atoms. The number of rotatable bonds is 1. The van der Waals surface area contributed by atoms with E-state index in [0.717, 1.165) is 10.8 Å². The summed E-state index contributed by atoms with van der Waals surface area (Å²) in [7, 11) is 0. The first kappa shape index (κ1) is 14.6. The number of benzene rings is 2. The molecule has 4 rings (SSSR count). The Labute approximate surface area is 141 Å². The van der Waals surface area contributed by atoms with E-state index in [2.05, 4.69) is 4.98 Å². The van der Waals surface area contributed by atoms with Crippen molar-refractivity contribution in [3.63, 3.8) is 0 Å². The van der Waals surface area contributed by atoms with Gasteiger partial charge in [0.1, 0.15) is 40.2 Å². The quantitative estimate of drug-likeness (QED) is 0.556. The maximum Gasteiger partial charge on any atom is 0.268 e. The Morgan fingerprint density at radius 3 is 2.44 bits per heavy atom. The van der Waals surface area contributed by atoms with E-state index < -0.39 is 5.56 Å². The number of aromatic nitrogens is 1. The zero-order valence-electron chi connectivity index (χ0n) is 12.8. The first-order valence-corrected chi connectivity index (χ1v) is 7.42. The lowest BCUT2D eigenvalue weighted by Crippen LogP contribution is -2.16. The number of anilines is 1. The molecule has 0 amide bonds. The molecule has 0 unspecified atom stereocenters. The number of H-pyrrole nitrogens is 1. The Bertz CT molecular complexity index is 1300. The van der Waals surface area contributed by atoms with Crippen LogP contribution in [0.4, 0.5) is 5.82 Å². The summed E-state index contributed by atoms with van der Waals surface area (Å²) in [5.74, 6) is -0.0744. The minimum atomic E-state index is -0.637. The average molecular weight is 326 g/mol. The zero-order valence-corrected chi connectivity index (χ0v) is 12.8. The molecule has 0 atom stereocenters. The molecule has 0 aliphatic rings. The SMILES string of the molecule is N#Cc1c(N)[nH]c(=O)c(C#N)c1-c1cccc2c1oc1ccccc12. The minimum absolute atomic E-state index is 0.0455. The highest BCUT2D eigenvalue weighted by atomic mass is 16.3. The van der Waals surface area contributed by atoms with Gasteiger partial charge in [-0.3, -0.25) is 4.79 Å². The van der Waals surface area contributed by atoms with Gasteiger partial charge in [0.2, 0.25) is 0 Å². The number of pyridine rings is 1. The number of para-hydroxylation sites is 2. The Morgan fingerprint density at radius 2 is 1.68 bits per heavy atom. The molecule has 0 aliphatic carbocycles. The molecule has 6 nitrogen and oxygen atoms in total. The summed E-state index contributed by atoms with van der Waals surface area (Å²) in [6.45, 7) is 0. The zero-order chi connectivity index (χ0) is 17.6. The van der Waals surface area contributed by atoms with Crippen LogP contribution in [0, 0.1) is 22.7 Å². The summed E-state index contributed by atoms with van der Waals surface area (Å²) in [6.07, 6.45) is 0. The molecule has 2 aromatic carbocycles. The van der Waals surface area contributed by atoms with Gasteiger partial charge in [-0.25, -0.2) is 0 Å². The van der Waals surface area contributed by atoms with Crippen LogP contribution >= 0.6 is 0 Å². The molecule has 2 aromatic heterocycles.